The van der Waals surface area contributed by atoms with Gasteiger partial charge in [-0.2, -0.15) is 0 Å². The van der Waals surface area contributed by atoms with Crippen molar-refractivity contribution in [3.63, 3.8) is 0 Å². The lowest BCUT2D eigenvalue weighted by molar-refractivity contribution is 0.0769. The van der Waals surface area contributed by atoms with E-state index in [1.54, 1.807) is 4.90 Å². The van der Waals surface area contributed by atoms with E-state index in [9.17, 15) is 4.79 Å². The predicted molar refractivity (Wildman–Crippen MR) is 86.2 cm³/mol. The molecule has 0 aliphatic carbocycles. The van der Waals surface area contributed by atoms with Crippen molar-refractivity contribution >= 4 is 6.09 Å². The molecule has 0 aromatic heterocycles. The van der Waals surface area contributed by atoms with Crippen LogP contribution in [0.15, 0.2) is 0 Å². The molecule has 3 aliphatic heterocycles. The van der Waals surface area contributed by atoms with Gasteiger partial charge in [0.05, 0.1) is 0 Å². The number of nitrogens with one attached hydrogen (secondary N) is 1. The molecule has 0 aromatic rings. The highest BCUT2D eigenvalue weighted by atomic mass is 16.4. The average molecular weight is 310 g/mol. The number of amides is 1. The number of carboxylic acid groups (broad SMARTS) is 1. The van der Waals surface area contributed by atoms with Crippen LogP contribution in [-0.4, -0.2) is 90.8 Å². The summed E-state index contributed by atoms with van der Waals surface area (Å²) in [4.78, 5) is 17.8. The van der Waals surface area contributed by atoms with Gasteiger partial charge in [-0.15, -0.1) is 0 Å². The molecule has 3 fully saturated rings. The van der Waals surface area contributed by atoms with Gasteiger partial charge in [0.15, 0.2) is 0 Å². The second-order valence-corrected chi connectivity index (χ2v) is 7.03. The molecule has 0 unspecified atom stereocenters. The van der Waals surface area contributed by atoms with Crippen LogP contribution in [0.1, 0.15) is 25.7 Å². The first-order valence-corrected chi connectivity index (χ1v) is 8.87. The van der Waals surface area contributed by atoms with Crippen LogP contribution < -0.4 is 5.32 Å². The van der Waals surface area contributed by atoms with E-state index in [1.165, 1.54) is 45.6 Å². The van der Waals surface area contributed by atoms with E-state index in [1.807, 2.05) is 0 Å². The minimum atomic E-state index is -0.754. The highest BCUT2D eigenvalue weighted by Gasteiger charge is 2.28. The molecule has 126 valence electrons. The van der Waals surface area contributed by atoms with Crippen LogP contribution in [0.2, 0.25) is 0 Å². The normalized spacial score (nSPS) is 27.2. The Labute approximate surface area is 133 Å². The standard InChI is InChI=1S/C16H30N4O2/c21-16(22)20-9-1-14(2-10-20)13-18-7-3-15(4-8-18)19-11-5-17-6-12-19/h14-15,17H,1-13H2,(H,21,22). The Balaban J connectivity index is 1.36. The fourth-order valence-electron chi connectivity index (χ4n) is 4.19. The Morgan fingerprint density at radius 3 is 2.18 bits per heavy atom. The van der Waals surface area contributed by atoms with Crippen LogP contribution in [0.4, 0.5) is 4.79 Å². The third-order valence-corrected chi connectivity index (χ3v) is 5.63. The first-order chi connectivity index (χ1) is 10.7. The molecule has 2 N–H and O–H groups in total. The predicted octanol–water partition coefficient (Wildman–Crippen LogP) is 0.746. The zero-order valence-electron chi connectivity index (χ0n) is 13.5. The van der Waals surface area contributed by atoms with Gasteiger partial charge in [-0.1, -0.05) is 0 Å². The van der Waals surface area contributed by atoms with E-state index < -0.39 is 6.09 Å². The summed E-state index contributed by atoms with van der Waals surface area (Å²) in [6, 6.07) is 0.784. The van der Waals surface area contributed by atoms with Crippen molar-refractivity contribution in [3.8, 4) is 0 Å². The molecule has 3 saturated heterocycles. The minimum absolute atomic E-state index is 0.686. The Hall–Kier alpha value is -0.850. The molecule has 6 nitrogen and oxygen atoms in total. The van der Waals surface area contributed by atoms with Crippen LogP contribution in [0, 0.1) is 5.92 Å². The third-order valence-electron chi connectivity index (χ3n) is 5.63. The summed E-state index contributed by atoms with van der Waals surface area (Å²) in [5.74, 6) is 0.686. The highest BCUT2D eigenvalue weighted by molar-refractivity contribution is 5.64. The molecule has 0 atom stereocenters. The molecule has 0 spiro atoms. The van der Waals surface area contributed by atoms with Crippen LogP contribution in [0.3, 0.4) is 0 Å². The number of likely N-dealkylation sites (tertiary alicyclic amines) is 2. The lowest BCUT2D eigenvalue weighted by Crippen LogP contribution is -2.52. The monoisotopic (exact) mass is 310 g/mol. The van der Waals surface area contributed by atoms with Gasteiger partial charge in [-0.05, 0) is 44.7 Å². The molecule has 6 heteroatoms. The van der Waals surface area contributed by atoms with Crippen LogP contribution in [-0.2, 0) is 0 Å². The van der Waals surface area contributed by atoms with Gasteiger partial charge in [-0.3, -0.25) is 4.90 Å². The van der Waals surface area contributed by atoms with Gasteiger partial charge in [0, 0.05) is 51.9 Å². The smallest absolute Gasteiger partial charge is 0.407 e. The zero-order chi connectivity index (χ0) is 15.4. The number of carbonyl (C=O) groups is 1. The van der Waals surface area contributed by atoms with E-state index >= 15 is 0 Å². The van der Waals surface area contributed by atoms with Crippen molar-refractivity contribution < 1.29 is 9.90 Å². The molecule has 3 heterocycles. The Morgan fingerprint density at radius 1 is 0.955 bits per heavy atom. The molecule has 0 radical (unpaired) electrons. The van der Waals surface area contributed by atoms with Gasteiger partial charge in [0.2, 0.25) is 0 Å². The molecule has 0 saturated carbocycles. The lowest BCUT2D eigenvalue weighted by atomic mass is 9.94. The van der Waals surface area contributed by atoms with Gasteiger partial charge < -0.3 is 20.2 Å². The van der Waals surface area contributed by atoms with E-state index in [0.29, 0.717) is 5.92 Å². The van der Waals surface area contributed by atoms with Crippen molar-refractivity contribution in [2.24, 2.45) is 5.92 Å². The van der Waals surface area contributed by atoms with Crippen molar-refractivity contribution in [2.75, 3.05) is 58.9 Å². The van der Waals surface area contributed by atoms with Crippen molar-refractivity contribution in [1.82, 2.24) is 20.0 Å². The summed E-state index contributed by atoms with van der Waals surface area (Å²) >= 11 is 0. The van der Waals surface area contributed by atoms with Crippen molar-refractivity contribution in [1.29, 1.82) is 0 Å². The largest absolute Gasteiger partial charge is 0.465 e. The molecule has 1 amide bonds. The number of piperidine rings is 2. The number of piperazine rings is 1. The molecule has 3 rings (SSSR count). The number of hydrogen-bond acceptors (Lipinski definition) is 4. The highest BCUT2D eigenvalue weighted by Crippen LogP contribution is 2.22. The van der Waals surface area contributed by atoms with E-state index in [-0.39, 0.29) is 0 Å². The van der Waals surface area contributed by atoms with Gasteiger partial charge in [0.25, 0.3) is 0 Å². The maximum absolute atomic E-state index is 10.9. The van der Waals surface area contributed by atoms with Gasteiger partial charge in [-0.25, -0.2) is 4.79 Å². The lowest BCUT2D eigenvalue weighted by Gasteiger charge is -2.41. The van der Waals surface area contributed by atoms with Crippen molar-refractivity contribution in [2.45, 2.75) is 31.7 Å². The number of hydrogen-bond donors (Lipinski definition) is 2. The fraction of sp³-hybridized carbons (Fsp3) is 0.938. The maximum atomic E-state index is 10.9. The Morgan fingerprint density at radius 2 is 1.59 bits per heavy atom. The summed E-state index contributed by atoms with van der Waals surface area (Å²) in [7, 11) is 0. The summed E-state index contributed by atoms with van der Waals surface area (Å²) in [5.41, 5.74) is 0. The quantitative estimate of drug-likeness (QED) is 0.805. The molecule has 0 aromatic carbocycles. The van der Waals surface area contributed by atoms with Crippen LogP contribution in [0.5, 0.6) is 0 Å². The summed E-state index contributed by atoms with van der Waals surface area (Å²) in [6.07, 6.45) is 3.91. The Bertz CT molecular complexity index is 357. The number of nitrogens with zero attached hydrogens (tertiary/aromatic N) is 3. The first-order valence-electron chi connectivity index (χ1n) is 8.87. The third kappa shape index (κ3) is 4.12. The first kappa shape index (κ1) is 16.0. The molecule has 0 bridgehead atoms. The van der Waals surface area contributed by atoms with Gasteiger partial charge >= 0.3 is 6.09 Å². The zero-order valence-corrected chi connectivity index (χ0v) is 13.5. The molecular formula is C16H30N4O2. The van der Waals surface area contributed by atoms with E-state index in [2.05, 4.69) is 15.1 Å². The van der Waals surface area contributed by atoms with Crippen molar-refractivity contribution in [3.05, 3.63) is 0 Å². The SMILES string of the molecule is O=C(O)N1CCC(CN2CCC(N3CCNCC3)CC2)CC1. The molecular weight excluding hydrogens is 280 g/mol. The number of rotatable bonds is 3. The second kappa shape index (κ2) is 7.62. The van der Waals surface area contributed by atoms with E-state index in [4.69, 9.17) is 5.11 Å². The minimum Gasteiger partial charge on any atom is -0.465 e. The topological polar surface area (TPSA) is 59.1 Å². The summed E-state index contributed by atoms with van der Waals surface area (Å²) < 4.78 is 0. The molecule has 22 heavy (non-hydrogen) atoms. The Kier molecular flexibility index (Phi) is 5.55. The molecule has 3 aliphatic rings. The summed E-state index contributed by atoms with van der Waals surface area (Å²) in [5, 5.41) is 12.4. The second-order valence-electron chi connectivity index (χ2n) is 7.03. The fourth-order valence-corrected chi connectivity index (χ4v) is 4.19. The van der Waals surface area contributed by atoms with Crippen LogP contribution >= 0.6 is 0 Å². The van der Waals surface area contributed by atoms with Gasteiger partial charge in [0.1, 0.15) is 0 Å². The average Bonchev–Trinajstić information content (AvgIpc) is 2.57. The summed E-state index contributed by atoms with van der Waals surface area (Å²) in [6.45, 7) is 9.74. The van der Waals surface area contributed by atoms with Crippen LogP contribution in [0.25, 0.3) is 0 Å². The maximum Gasteiger partial charge on any atom is 0.407 e. The van der Waals surface area contributed by atoms with E-state index in [0.717, 1.165) is 45.1 Å².